The number of nitrogens with one attached hydrogen (secondary N) is 1. The molecule has 0 saturated carbocycles. The van der Waals surface area contributed by atoms with Gasteiger partial charge < -0.3 is 4.90 Å². The first kappa shape index (κ1) is 29.1. The molecule has 8 nitrogen and oxygen atoms in total. The Balaban J connectivity index is 1.65. The quantitative estimate of drug-likeness (QED) is 0.245. The molecular weight excluding hydrogens is 522 g/mol. The Morgan fingerprint density at radius 3 is 2.42 bits per heavy atom. The first-order valence-electron chi connectivity index (χ1n) is 13.8. The zero-order valence-corrected chi connectivity index (χ0v) is 24.7. The number of unbranched alkanes of at least 4 members (excludes halogenated alkanes) is 1. The summed E-state index contributed by atoms with van der Waals surface area (Å²) < 4.78 is 6.52. The molecule has 0 fully saturated rings. The Kier molecular flexibility index (Phi) is 9.47. The summed E-state index contributed by atoms with van der Waals surface area (Å²) in [6.07, 6.45) is 3.13. The smallest absolute Gasteiger partial charge is 0.369 e. The minimum Gasteiger partial charge on any atom is -0.369 e. The lowest BCUT2D eigenvalue weighted by atomic mass is 9.98. The summed E-state index contributed by atoms with van der Waals surface area (Å²) >= 11 is 5.70. The maximum absolute atomic E-state index is 13.9. The van der Waals surface area contributed by atoms with E-state index in [4.69, 9.17) is 21.7 Å². The predicted molar refractivity (Wildman–Crippen MR) is 163 cm³/mol. The van der Waals surface area contributed by atoms with Gasteiger partial charge in [-0.15, -0.1) is 0 Å². The second-order valence-electron chi connectivity index (χ2n) is 10.6. The molecular formula is C31H37N5O3S. The summed E-state index contributed by atoms with van der Waals surface area (Å²) in [5, 5.41) is 3.85. The van der Waals surface area contributed by atoms with Gasteiger partial charge in [0.25, 0.3) is 5.56 Å². The van der Waals surface area contributed by atoms with E-state index in [2.05, 4.69) is 35.8 Å². The van der Waals surface area contributed by atoms with Crippen LogP contribution in [0.15, 0.2) is 62.6 Å². The summed E-state index contributed by atoms with van der Waals surface area (Å²) in [4.78, 5) is 35.7. The van der Waals surface area contributed by atoms with Crippen molar-refractivity contribution in [3.05, 3.63) is 92.1 Å². The van der Waals surface area contributed by atoms with Crippen molar-refractivity contribution in [1.29, 1.82) is 0 Å². The number of likely N-dealkylation sites (N-methyl/N-ethyl adjacent to an activating group) is 1. The molecule has 0 spiro atoms. The van der Waals surface area contributed by atoms with Gasteiger partial charge in [-0.2, -0.15) is 0 Å². The number of aryl methyl sites for hydroxylation is 2. The van der Waals surface area contributed by atoms with Crippen molar-refractivity contribution in [2.24, 2.45) is 5.92 Å². The number of hydrogen-bond donors (Lipinski definition) is 1. The monoisotopic (exact) mass is 559 g/mol. The third-order valence-corrected chi connectivity index (χ3v) is 7.38. The number of hydrogen-bond acceptors (Lipinski definition) is 6. The summed E-state index contributed by atoms with van der Waals surface area (Å²) in [5.74, 6) is 1.07. The second-order valence-corrected chi connectivity index (χ2v) is 11.1. The van der Waals surface area contributed by atoms with Gasteiger partial charge in [0.05, 0.1) is 11.5 Å². The molecule has 2 heterocycles. The molecule has 0 aliphatic rings. The summed E-state index contributed by atoms with van der Waals surface area (Å²) in [7, 11) is 1.99. The van der Waals surface area contributed by atoms with Crippen LogP contribution in [-0.4, -0.2) is 43.2 Å². The molecule has 0 saturated heterocycles. The van der Waals surface area contributed by atoms with Crippen molar-refractivity contribution in [3.63, 3.8) is 0 Å². The van der Waals surface area contributed by atoms with E-state index < -0.39 is 5.76 Å². The molecule has 9 heteroatoms. The third kappa shape index (κ3) is 6.83. The van der Waals surface area contributed by atoms with Crippen LogP contribution in [0, 0.1) is 12.8 Å². The molecule has 1 N–H and O–H groups in total. The molecule has 0 aliphatic carbocycles. The number of aromatic amines is 1. The van der Waals surface area contributed by atoms with Crippen molar-refractivity contribution in [2.75, 3.05) is 13.6 Å². The van der Waals surface area contributed by atoms with Gasteiger partial charge in [-0.1, -0.05) is 93.1 Å². The van der Waals surface area contributed by atoms with Crippen molar-refractivity contribution in [3.8, 4) is 22.5 Å². The van der Waals surface area contributed by atoms with E-state index in [0.717, 1.165) is 64.6 Å². The topological polar surface area (TPSA) is 97.0 Å². The van der Waals surface area contributed by atoms with E-state index in [0.29, 0.717) is 30.3 Å². The molecule has 0 bridgehead atoms. The Hall–Kier alpha value is -3.85. The largest absolute Gasteiger partial charge is 0.439 e. The minimum atomic E-state index is -0.595. The first-order chi connectivity index (χ1) is 19.2. The second kappa shape index (κ2) is 13.0. The lowest BCUT2D eigenvalue weighted by Crippen LogP contribution is -2.35. The summed E-state index contributed by atoms with van der Waals surface area (Å²) in [6, 6.07) is 15.8. The number of nitrogens with zero attached hydrogens (tertiary/aromatic N) is 4. The molecule has 2 aromatic carbocycles. The molecule has 0 aliphatic heterocycles. The van der Waals surface area contributed by atoms with Crippen LogP contribution in [0.25, 0.3) is 22.5 Å². The van der Waals surface area contributed by atoms with Crippen molar-refractivity contribution >= 4 is 17.2 Å². The van der Waals surface area contributed by atoms with Crippen LogP contribution in [0.3, 0.4) is 0 Å². The van der Waals surface area contributed by atoms with Crippen LogP contribution in [0.1, 0.15) is 56.3 Å². The van der Waals surface area contributed by atoms with Crippen LogP contribution < -0.4 is 11.3 Å². The van der Waals surface area contributed by atoms with Gasteiger partial charge in [-0.25, -0.2) is 9.78 Å². The highest BCUT2D eigenvalue weighted by atomic mass is 32.1. The number of benzene rings is 2. The SMILES string of the molecule is CCCCc1nc(C)c(CC(=S)N(C)CC(C)C)c(=O)n1Cc1ccc(-c2ccccc2-c2noc(=O)[nH]2)cc1. The molecule has 40 heavy (non-hydrogen) atoms. The zero-order valence-electron chi connectivity index (χ0n) is 23.9. The molecule has 0 radical (unpaired) electrons. The average Bonchev–Trinajstić information content (AvgIpc) is 3.37. The normalized spacial score (nSPS) is 11.2. The van der Waals surface area contributed by atoms with Crippen LogP contribution in [-0.2, 0) is 19.4 Å². The highest BCUT2D eigenvalue weighted by molar-refractivity contribution is 7.80. The van der Waals surface area contributed by atoms with Gasteiger partial charge >= 0.3 is 5.76 Å². The van der Waals surface area contributed by atoms with Crippen molar-refractivity contribution in [1.82, 2.24) is 24.6 Å². The van der Waals surface area contributed by atoms with Crippen LogP contribution in [0.4, 0.5) is 0 Å². The van der Waals surface area contributed by atoms with E-state index in [9.17, 15) is 9.59 Å². The van der Waals surface area contributed by atoms with Crippen LogP contribution >= 0.6 is 12.2 Å². The Morgan fingerprint density at radius 2 is 1.80 bits per heavy atom. The fourth-order valence-corrected chi connectivity index (χ4v) is 5.06. The number of aromatic nitrogens is 4. The lowest BCUT2D eigenvalue weighted by molar-refractivity contribution is 0.388. The van der Waals surface area contributed by atoms with Gasteiger partial charge in [0.15, 0.2) is 5.82 Å². The van der Waals surface area contributed by atoms with E-state index in [-0.39, 0.29) is 5.56 Å². The Morgan fingerprint density at radius 1 is 1.10 bits per heavy atom. The molecule has 4 aromatic rings. The van der Waals surface area contributed by atoms with Crippen LogP contribution in [0.5, 0.6) is 0 Å². The van der Waals surface area contributed by atoms with E-state index in [1.807, 2.05) is 67.1 Å². The van der Waals surface area contributed by atoms with Crippen LogP contribution in [0.2, 0.25) is 0 Å². The predicted octanol–water partition coefficient (Wildman–Crippen LogP) is 5.41. The molecule has 4 rings (SSSR count). The van der Waals surface area contributed by atoms with Gasteiger partial charge in [-0.3, -0.25) is 18.9 Å². The number of thiocarbonyl (C=S) groups is 1. The standard InChI is InChI=1S/C31H37N5O3S/c1-6-7-12-27-32-21(4)26(17-28(40)35(5)18-20(2)3)30(37)36(27)19-22-13-15-23(16-14-22)24-10-8-9-11-25(24)29-33-31(38)39-34-29/h8-11,13-16,20H,6-7,12,17-19H2,1-5H3,(H,33,34,38). The van der Waals surface area contributed by atoms with Gasteiger partial charge in [-0.05, 0) is 36.0 Å². The molecule has 0 unspecified atom stereocenters. The number of rotatable bonds is 11. The number of H-pyrrole nitrogens is 1. The van der Waals surface area contributed by atoms with Gasteiger partial charge in [0.2, 0.25) is 0 Å². The van der Waals surface area contributed by atoms with Crippen molar-refractivity contribution in [2.45, 2.75) is 59.9 Å². The highest BCUT2D eigenvalue weighted by Crippen LogP contribution is 2.30. The maximum Gasteiger partial charge on any atom is 0.439 e. The first-order valence-corrected chi connectivity index (χ1v) is 14.2. The molecule has 0 amide bonds. The fraction of sp³-hybridized carbons (Fsp3) is 0.387. The van der Waals surface area contributed by atoms with Gasteiger partial charge in [0.1, 0.15) is 5.82 Å². The Bertz CT molecular complexity index is 1580. The zero-order chi connectivity index (χ0) is 28.8. The molecule has 210 valence electrons. The van der Waals surface area contributed by atoms with E-state index in [1.165, 1.54) is 0 Å². The van der Waals surface area contributed by atoms with E-state index >= 15 is 0 Å². The maximum atomic E-state index is 13.9. The average molecular weight is 560 g/mol. The van der Waals surface area contributed by atoms with E-state index in [1.54, 1.807) is 0 Å². The third-order valence-electron chi connectivity index (χ3n) is 6.92. The molecule has 0 atom stereocenters. The summed E-state index contributed by atoms with van der Waals surface area (Å²) in [6.45, 7) is 9.62. The van der Waals surface area contributed by atoms with Gasteiger partial charge in [0, 0.05) is 43.3 Å². The summed E-state index contributed by atoms with van der Waals surface area (Å²) in [5.41, 5.74) is 5.03. The Labute approximate surface area is 240 Å². The minimum absolute atomic E-state index is 0.0247. The molecule has 2 aromatic heterocycles. The lowest BCUT2D eigenvalue weighted by Gasteiger charge is -2.23. The highest BCUT2D eigenvalue weighted by Gasteiger charge is 2.18. The van der Waals surface area contributed by atoms with Crippen molar-refractivity contribution < 1.29 is 4.52 Å². The fourth-order valence-electron chi connectivity index (χ4n) is 4.84.